The summed E-state index contributed by atoms with van der Waals surface area (Å²) in [6.45, 7) is 5.42. The van der Waals surface area contributed by atoms with Crippen molar-refractivity contribution < 1.29 is 18.0 Å². The molecule has 1 amide bonds. The van der Waals surface area contributed by atoms with Crippen molar-refractivity contribution in [3.05, 3.63) is 35.4 Å². The molecule has 0 radical (unpaired) electrons. The largest absolute Gasteiger partial charge is 0.416 e. The molecule has 0 saturated carbocycles. The zero-order chi connectivity index (χ0) is 17.0. The van der Waals surface area contributed by atoms with Gasteiger partial charge in [0.05, 0.1) is 17.0 Å². The van der Waals surface area contributed by atoms with Gasteiger partial charge in [0.15, 0.2) is 0 Å². The molecule has 6 heteroatoms. The average molecular weight is 316 g/mol. The molecule has 0 aliphatic heterocycles. The number of amides is 1. The van der Waals surface area contributed by atoms with Crippen LogP contribution in [0.25, 0.3) is 0 Å². The number of carbonyl (C=O) groups excluding carboxylic acids is 1. The Hall–Kier alpha value is -1.56. The van der Waals surface area contributed by atoms with Crippen LogP contribution in [-0.4, -0.2) is 12.5 Å². The van der Waals surface area contributed by atoms with Gasteiger partial charge in [-0.15, -0.1) is 0 Å². The van der Waals surface area contributed by atoms with Gasteiger partial charge in [-0.05, 0) is 31.4 Å². The molecule has 1 atom stereocenters. The van der Waals surface area contributed by atoms with Gasteiger partial charge in [-0.3, -0.25) is 4.79 Å². The van der Waals surface area contributed by atoms with Crippen LogP contribution >= 0.6 is 0 Å². The summed E-state index contributed by atoms with van der Waals surface area (Å²) in [7, 11) is 0. The molecule has 3 nitrogen and oxygen atoms in total. The molecular formula is C16H23F3N2O. The third-order valence-corrected chi connectivity index (χ3v) is 4.31. The first-order valence-corrected chi connectivity index (χ1v) is 7.39. The highest BCUT2D eigenvalue weighted by Gasteiger charge is 2.37. The Morgan fingerprint density at radius 2 is 1.77 bits per heavy atom. The Labute approximate surface area is 129 Å². The minimum atomic E-state index is -4.45. The quantitative estimate of drug-likeness (QED) is 0.842. The number of carbonyl (C=O) groups is 1. The molecule has 3 N–H and O–H groups in total. The summed E-state index contributed by atoms with van der Waals surface area (Å²) < 4.78 is 39.1. The van der Waals surface area contributed by atoms with Gasteiger partial charge in [-0.25, -0.2) is 0 Å². The second-order valence-electron chi connectivity index (χ2n) is 5.47. The molecule has 1 aromatic rings. The molecular weight excluding hydrogens is 293 g/mol. The number of hydrogen-bond donors (Lipinski definition) is 2. The number of hydrogen-bond acceptors (Lipinski definition) is 2. The molecule has 1 rings (SSSR count). The monoisotopic (exact) mass is 316 g/mol. The smallest absolute Gasteiger partial charge is 0.349 e. The van der Waals surface area contributed by atoms with E-state index in [0.717, 1.165) is 6.07 Å². The lowest BCUT2D eigenvalue weighted by Gasteiger charge is -2.31. The van der Waals surface area contributed by atoms with E-state index in [1.807, 2.05) is 13.8 Å². The first kappa shape index (κ1) is 18.5. The average Bonchev–Trinajstić information content (AvgIpc) is 2.48. The van der Waals surface area contributed by atoms with Gasteiger partial charge in [0.25, 0.3) is 0 Å². The van der Waals surface area contributed by atoms with E-state index in [-0.39, 0.29) is 18.0 Å². The summed E-state index contributed by atoms with van der Waals surface area (Å²) in [6.07, 6.45) is -3.37. The van der Waals surface area contributed by atoms with Crippen LogP contribution in [0, 0.1) is 5.41 Å². The molecule has 1 unspecified atom stereocenters. The van der Waals surface area contributed by atoms with Crippen molar-refractivity contribution in [3.63, 3.8) is 0 Å². The van der Waals surface area contributed by atoms with Crippen LogP contribution in [0.1, 0.15) is 50.8 Å². The second kappa shape index (κ2) is 7.13. The maximum Gasteiger partial charge on any atom is 0.416 e. The molecule has 0 fully saturated rings. The normalized spacial score (nSPS) is 13.8. The van der Waals surface area contributed by atoms with Gasteiger partial charge >= 0.3 is 6.18 Å². The van der Waals surface area contributed by atoms with Crippen molar-refractivity contribution in [1.29, 1.82) is 0 Å². The molecule has 0 bridgehead atoms. The number of benzene rings is 1. The lowest BCUT2D eigenvalue weighted by atomic mass is 9.81. The van der Waals surface area contributed by atoms with Gasteiger partial charge in [0.1, 0.15) is 0 Å². The van der Waals surface area contributed by atoms with Crippen LogP contribution in [-0.2, 0) is 11.0 Å². The van der Waals surface area contributed by atoms with E-state index in [9.17, 15) is 18.0 Å². The Bertz CT molecular complexity index is 502. The third kappa shape index (κ3) is 3.80. The number of alkyl halides is 3. The van der Waals surface area contributed by atoms with Crippen LogP contribution in [0.15, 0.2) is 24.3 Å². The Morgan fingerprint density at radius 1 is 1.23 bits per heavy atom. The summed E-state index contributed by atoms with van der Waals surface area (Å²) in [5, 5.41) is 2.68. The Balaban J connectivity index is 3.04. The number of rotatable bonds is 6. The first-order chi connectivity index (χ1) is 10.2. The Kier molecular flexibility index (Phi) is 6.00. The van der Waals surface area contributed by atoms with E-state index >= 15 is 0 Å². The highest BCUT2D eigenvalue weighted by atomic mass is 19.4. The van der Waals surface area contributed by atoms with Gasteiger partial charge < -0.3 is 11.1 Å². The maximum atomic E-state index is 13.0. The molecule has 124 valence electrons. The van der Waals surface area contributed by atoms with E-state index in [0.29, 0.717) is 12.8 Å². The summed E-state index contributed by atoms with van der Waals surface area (Å²) in [4.78, 5) is 12.4. The van der Waals surface area contributed by atoms with Gasteiger partial charge in [0, 0.05) is 6.54 Å². The molecule has 22 heavy (non-hydrogen) atoms. The molecule has 0 aromatic heterocycles. The van der Waals surface area contributed by atoms with Crippen LogP contribution in [0.4, 0.5) is 13.2 Å². The van der Waals surface area contributed by atoms with Crippen LogP contribution in [0.5, 0.6) is 0 Å². The van der Waals surface area contributed by atoms with Crippen molar-refractivity contribution in [2.24, 2.45) is 11.1 Å². The lowest BCUT2D eigenvalue weighted by Crippen LogP contribution is -2.46. The van der Waals surface area contributed by atoms with Crippen molar-refractivity contribution in [3.8, 4) is 0 Å². The molecule has 0 saturated heterocycles. The zero-order valence-corrected chi connectivity index (χ0v) is 13.1. The zero-order valence-electron chi connectivity index (χ0n) is 13.1. The molecule has 0 heterocycles. The number of halogens is 3. The van der Waals surface area contributed by atoms with Crippen LogP contribution in [0.2, 0.25) is 0 Å². The number of nitrogens with one attached hydrogen (secondary N) is 1. The Morgan fingerprint density at radius 3 is 2.23 bits per heavy atom. The van der Waals surface area contributed by atoms with E-state index in [4.69, 9.17) is 5.73 Å². The minimum Gasteiger partial charge on any atom is -0.349 e. The predicted molar refractivity (Wildman–Crippen MR) is 80.1 cm³/mol. The summed E-state index contributed by atoms with van der Waals surface area (Å²) >= 11 is 0. The van der Waals surface area contributed by atoms with E-state index in [2.05, 4.69) is 5.32 Å². The van der Waals surface area contributed by atoms with Crippen molar-refractivity contribution in [2.45, 2.75) is 45.8 Å². The fraction of sp³-hybridized carbons (Fsp3) is 0.562. The van der Waals surface area contributed by atoms with Gasteiger partial charge in [-0.1, -0.05) is 32.0 Å². The highest BCUT2D eigenvalue weighted by Crippen LogP contribution is 2.35. The van der Waals surface area contributed by atoms with Crippen LogP contribution < -0.4 is 11.1 Å². The molecule has 0 spiro atoms. The van der Waals surface area contributed by atoms with Gasteiger partial charge in [-0.2, -0.15) is 13.2 Å². The topological polar surface area (TPSA) is 55.1 Å². The fourth-order valence-corrected chi connectivity index (χ4v) is 2.51. The lowest BCUT2D eigenvalue weighted by molar-refractivity contribution is -0.139. The standard InChI is InChI=1S/C16H23F3N2O/c1-4-15(5-2,10-20)14(22)21-11(3)12-8-6-7-9-13(12)16(17,18)19/h6-9,11H,4-5,10,20H2,1-3H3,(H,21,22). The minimum absolute atomic E-state index is 0.0569. The van der Waals surface area contributed by atoms with Crippen molar-refractivity contribution in [1.82, 2.24) is 5.32 Å². The highest BCUT2D eigenvalue weighted by molar-refractivity contribution is 5.83. The fourth-order valence-electron chi connectivity index (χ4n) is 2.51. The van der Waals surface area contributed by atoms with E-state index < -0.39 is 23.2 Å². The third-order valence-electron chi connectivity index (χ3n) is 4.31. The SMILES string of the molecule is CCC(CC)(CN)C(=O)NC(C)c1ccccc1C(F)(F)F. The number of nitrogens with two attached hydrogens (primary N) is 1. The summed E-state index contributed by atoms with van der Waals surface area (Å²) in [5.41, 5.74) is 4.30. The molecule has 1 aromatic carbocycles. The molecule has 0 aliphatic rings. The van der Waals surface area contributed by atoms with E-state index in [1.165, 1.54) is 18.2 Å². The van der Waals surface area contributed by atoms with Crippen LogP contribution in [0.3, 0.4) is 0 Å². The summed E-state index contributed by atoms with van der Waals surface area (Å²) in [5.74, 6) is -0.301. The summed E-state index contributed by atoms with van der Waals surface area (Å²) in [6, 6.07) is 4.53. The van der Waals surface area contributed by atoms with Crippen molar-refractivity contribution in [2.75, 3.05) is 6.54 Å². The molecule has 0 aliphatic carbocycles. The van der Waals surface area contributed by atoms with E-state index in [1.54, 1.807) is 6.92 Å². The second-order valence-corrected chi connectivity index (χ2v) is 5.47. The maximum absolute atomic E-state index is 13.0. The van der Waals surface area contributed by atoms with Crippen molar-refractivity contribution >= 4 is 5.91 Å². The van der Waals surface area contributed by atoms with Gasteiger partial charge in [0.2, 0.25) is 5.91 Å². The first-order valence-electron chi connectivity index (χ1n) is 7.39. The predicted octanol–water partition coefficient (Wildman–Crippen LogP) is 3.65.